The topological polar surface area (TPSA) is 118 Å². The zero-order chi connectivity index (χ0) is 16.2. The summed E-state index contributed by atoms with van der Waals surface area (Å²) in [5.41, 5.74) is 0.150. The zero-order valence-electron chi connectivity index (χ0n) is 15.6. The molecule has 23 heavy (non-hydrogen) atoms. The van der Waals surface area contributed by atoms with E-state index in [1.807, 2.05) is 6.92 Å². The Bertz CT molecular complexity index is 372. The first-order valence-electron chi connectivity index (χ1n) is 6.49. The Morgan fingerprint density at radius 3 is 1.52 bits per heavy atom. The van der Waals surface area contributed by atoms with Crippen LogP contribution in [-0.4, -0.2) is 198 Å². The third kappa shape index (κ3) is 27.2. The van der Waals surface area contributed by atoms with Crippen LogP contribution in [0.4, 0.5) is 0 Å². The molecule has 0 saturated carbocycles. The first kappa shape index (κ1) is 35.6. The maximum atomic E-state index is 11.0. The molecule has 0 saturated heterocycles. The van der Waals surface area contributed by atoms with Crippen molar-refractivity contribution in [2.45, 2.75) is 40.5 Å². The van der Waals surface area contributed by atoms with Gasteiger partial charge in [0.15, 0.2) is 0 Å². The first-order chi connectivity index (χ1) is 8.68. The predicted octanol–water partition coefficient (Wildman–Crippen LogP) is 0.879. The summed E-state index contributed by atoms with van der Waals surface area (Å²) >= 11 is 0. The molecule has 0 spiro atoms. The van der Waals surface area contributed by atoms with Crippen molar-refractivity contribution < 1.29 is 28.7 Å². The molecule has 1 atom stereocenters. The van der Waals surface area contributed by atoms with Crippen molar-refractivity contribution in [1.82, 2.24) is 4.90 Å². The van der Waals surface area contributed by atoms with Gasteiger partial charge in [-0.25, -0.2) is 0 Å². The van der Waals surface area contributed by atoms with E-state index in [4.69, 9.17) is 19.6 Å². The molecular weight excluding hydrogens is 421 g/mol. The van der Waals surface area contributed by atoms with Crippen LogP contribution < -0.4 is 0 Å². The summed E-state index contributed by atoms with van der Waals surface area (Å²) in [7, 11) is -8.65. The standard InChI is InChI=1S/C11H27NO6P2.3K/c1-10(7-11(2,3)4)5-6-12(8-19(13,14)15)9-20(16,17)18;;;/h10H,5-9H2,1-4H3,(H2,13,14,15)(H2,16,17,18);;;. The fraction of sp³-hybridized carbons (Fsp3) is 1.00. The minimum atomic E-state index is -4.33. The van der Waals surface area contributed by atoms with E-state index in [1.165, 1.54) is 0 Å². The Morgan fingerprint density at radius 2 is 1.26 bits per heavy atom. The monoisotopic (exact) mass is 448 g/mol. The normalized spacial score (nSPS) is 13.6. The summed E-state index contributed by atoms with van der Waals surface area (Å²) in [6, 6.07) is 0. The van der Waals surface area contributed by atoms with Crippen LogP contribution in [0.15, 0.2) is 0 Å². The number of nitrogens with zero attached hydrogens (tertiary/aromatic N) is 1. The minimum absolute atomic E-state index is 0. The van der Waals surface area contributed by atoms with Crippen LogP contribution >= 0.6 is 15.2 Å². The molecule has 3 radical (unpaired) electrons. The second-order valence-corrected chi connectivity index (χ2v) is 9.89. The van der Waals surface area contributed by atoms with Gasteiger partial charge in [0.2, 0.25) is 0 Å². The van der Waals surface area contributed by atoms with Crippen molar-refractivity contribution in [3.8, 4) is 0 Å². The van der Waals surface area contributed by atoms with E-state index in [2.05, 4.69) is 20.8 Å². The van der Waals surface area contributed by atoms with Gasteiger partial charge in [-0.3, -0.25) is 14.0 Å². The van der Waals surface area contributed by atoms with E-state index in [0.717, 1.165) is 11.3 Å². The zero-order valence-corrected chi connectivity index (χ0v) is 26.7. The number of hydrogen-bond acceptors (Lipinski definition) is 3. The molecule has 0 heterocycles. The molecule has 0 fully saturated rings. The van der Waals surface area contributed by atoms with E-state index < -0.39 is 27.8 Å². The van der Waals surface area contributed by atoms with Crippen LogP contribution in [-0.2, 0) is 9.13 Å². The van der Waals surface area contributed by atoms with Crippen molar-refractivity contribution in [3.05, 3.63) is 0 Å². The SMILES string of the molecule is CC(CCN(CP(=O)(O)O)CP(=O)(O)O)CC(C)(C)C.[K].[K].[K]. The van der Waals surface area contributed by atoms with Gasteiger partial charge in [-0.1, -0.05) is 27.7 Å². The summed E-state index contributed by atoms with van der Waals surface area (Å²) < 4.78 is 22.0. The average Bonchev–Trinajstić information content (AvgIpc) is 2.06. The van der Waals surface area contributed by atoms with E-state index >= 15 is 0 Å². The summed E-state index contributed by atoms with van der Waals surface area (Å²) in [5.74, 6) is 0.311. The van der Waals surface area contributed by atoms with Crippen LogP contribution in [0.1, 0.15) is 40.5 Å². The third-order valence-corrected chi connectivity index (χ3v) is 4.20. The first-order valence-corrected chi connectivity index (χ1v) is 10.1. The van der Waals surface area contributed by atoms with Crippen molar-refractivity contribution in [2.75, 3.05) is 19.1 Å². The molecule has 0 rings (SSSR count). The van der Waals surface area contributed by atoms with Crippen LogP contribution in [0.25, 0.3) is 0 Å². The quantitative estimate of drug-likeness (QED) is 0.322. The fourth-order valence-corrected chi connectivity index (χ4v) is 3.94. The van der Waals surface area contributed by atoms with Crippen LogP contribution in [0.5, 0.6) is 0 Å². The third-order valence-electron chi connectivity index (χ3n) is 2.67. The molecule has 0 aliphatic rings. The molecule has 1 unspecified atom stereocenters. The van der Waals surface area contributed by atoms with Gasteiger partial charge in [-0.15, -0.1) is 0 Å². The summed E-state index contributed by atoms with van der Waals surface area (Å²) in [6.07, 6.45) is 0.324. The Kier molecular flexibility index (Phi) is 24.7. The molecule has 12 heteroatoms. The average molecular weight is 449 g/mol. The minimum Gasteiger partial charge on any atom is -0.324 e. The van der Waals surface area contributed by atoms with Gasteiger partial charge in [0, 0.05) is 154 Å². The van der Waals surface area contributed by atoms with Gasteiger partial charge >= 0.3 is 15.2 Å². The maximum absolute atomic E-state index is 11.0. The predicted molar refractivity (Wildman–Crippen MR) is 95.6 cm³/mol. The summed E-state index contributed by atoms with van der Waals surface area (Å²) in [4.78, 5) is 37.0. The van der Waals surface area contributed by atoms with E-state index in [-0.39, 0.29) is 166 Å². The summed E-state index contributed by atoms with van der Waals surface area (Å²) in [6.45, 7) is 8.59. The van der Waals surface area contributed by atoms with Crippen molar-refractivity contribution in [3.63, 3.8) is 0 Å². The molecule has 0 aromatic rings. The molecule has 4 N–H and O–H groups in total. The Hall–Kier alpha value is 5.17. The fourth-order valence-electron chi connectivity index (χ4n) is 2.26. The molecule has 0 aromatic carbocycles. The van der Waals surface area contributed by atoms with Gasteiger partial charge in [0.25, 0.3) is 0 Å². The number of rotatable bonds is 8. The van der Waals surface area contributed by atoms with Crippen LogP contribution in [0.2, 0.25) is 0 Å². The van der Waals surface area contributed by atoms with Crippen LogP contribution in [0, 0.1) is 11.3 Å². The molecule has 125 valence electrons. The smallest absolute Gasteiger partial charge is 0.324 e. The Labute approximate surface area is 267 Å². The number of hydrogen-bond donors (Lipinski definition) is 4. The van der Waals surface area contributed by atoms with Gasteiger partial charge in [0.1, 0.15) is 12.6 Å². The van der Waals surface area contributed by atoms with Crippen molar-refractivity contribution in [1.29, 1.82) is 0 Å². The Balaban J connectivity index is -0.000000602. The Morgan fingerprint density at radius 1 is 0.913 bits per heavy atom. The molecule has 0 bridgehead atoms. The molecule has 0 aliphatic heterocycles. The molecule has 7 nitrogen and oxygen atoms in total. The van der Waals surface area contributed by atoms with Gasteiger partial charge in [-0.05, 0) is 30.7 Å². The van der Waals surface area contributed by atoms with Crippen molar-refractivity contribution in [2.24, 2.45) is 11.3 Å². The molecule has 0 aromatic heterocycles. The largest absolute Gasteiger partial charge is 0.339 e. The second kappa shape index (κ2) is 15.9. The van der Waals surface area contributed by atoms with E-state index in [0.29, 0.717) is 12.3 Å². The second-order valence-electron chi connectivity index (χ2n) is 6.67. The molecule has 0 aliphatic carbocycles. The van der Waals surface area contributed by atoms with Gasteiger partial charge < -0.3 is 19.6 Å². The maximum Gasteiger partial charge on any atom is 0.339 e. The molecule has 0 amide bonds. The van der Waals surface area contributed by atoms with Gasteiger partial charge in [-0.2, -0.15) is 0 Å². The van der Waals surface area contributed by atoms with Crippen LogP contribution in [0.3, 0.4) is 0 Å². The van der Waals surface area contributed by atoms with E-state index in [9.17, 15) is 9.13 Å². The van der Waals surface area contributed by atoms with Gasteiger partial charge in [0.05, 0.1) is 0 Å². The molecular formula is C11H27K3NO6P2. The van der Waals surface area contributed by atoms with E-state index in [1.54, 1.807) is 0 Å². The summed E-state index contributed by atoms with van der Waals surface area (Å²) in [5, 5.41) is 0. The van der Waals surface area contributed by atoms with Crippen molar-refractivity contribution >= 4 is 169 Å².